The second-order valence-electron chi connectivity index (χ2n) is 7.91. The molecule has 2 aromatic heterocycles. The highest BCUT2D eigenvalue weighted by Gasteiger charge is 2.18. The van der Waals surface area contributed by atoms with Crippen molar-refractivity contribution >= 4 is 33.9 Å². The van der Waals surface area contributed by atoms with Crippen molar-refractivity contribution in [1.82, 2.24) is 0 Å². The van der Waals surface area contributed by atoms with Crippen LogP contribution in [0.25, 0.3) is 21.9 Å². The van der Waals surface area contributed by atoms with E-state index in [0.717, 1.165) is 12.1 Å². The molecular formula is C26H20O11. The molecule has 0 bridgehead atoms. The van der Waals surface area contributed by atoms with Gasteiger partial charge < -0.3 is 33.6 Å². The molecule has 0 radical (unpaired) electrons. The lowest BCUT2D eigenvalue weighted by atomic mass is 10.1. The second-order valence-corrected chi connectivity index (χ2v) is 7.91. The minimum Gasteiger partial charge on any atom is -0.491 e. The molecule has 0 aliphatic heterocycles. The third kappa shape index (κ3) is 5.36. The topological polar surface area (TPSA) is 174 Å². The third-order valence-corrected chi connectivity index (χ3v) is 5.30. The number of carboxylic acids is 2. The summed E-state index contributed by atoms with van der Waals surface area (Å²) in [6.45, 7) is 3.21. The Balaban J connectivity index is 1.50. The summed E-state index contributed by atoms with van der Waals surface area (Å²) in [4.78, 5) is 46.8. The van der Waals surface area contributed by atoms with Crippen LogP contribution in [0.15, 0.2) is 73.5 Å². The number of ether oxygens (including phenoxy) is 2. The van der Waals surface area contributed by atoms with Crippen LogP contribution in [0.5, 0.6) is 11.5 Å². The van der Waals surface area contributed by atoms with E-state index in [0.29, 0.717) is 5.56 Å². The summed E-state index contributed by atoms with van der Waals surface area (Å²) < 4.78 is 21.9. The SMILES string of the molecule is C=CCc1c(OCC(O)COc2ccc3c(=O)cc(C(=O)O)oc3c2)ccc2c(=O)cc(C(=O)O)oc12. The third-order valence-electron chi connectivity index (χ3n) is 5.30. The van der Waals surface area contributed by atoms with Crippen LogP contribution in [0, 0.1) is 0 Å². The number of aromatic carboxylic acids is 2. The van der Waals surface area contributed by atoms with Crippen molar-refractivity contribution in [2.75, 3.05) is 13.2 Å². The number of hydrogen-bond donors (Lipinski definition) is 3. The zero-order valence-corrected chi connectivity index (χ0v) is 19.1. The first kappa shape index (κ1) is 25.2. The molecule has 0 saturated carbocycles. The van der Waals surface area contributed by atoms with E-state index in [9.17, 15) is 29.4 Å². The predicted octanol–water partition coefficient (Wildman–Crippen LogP) is 2.84. The van der Waals surface area contributed by atoms with Crippen LogP contribution < -0.4 is 20.3 Å². The summed E-state index contributed by atoms with van der Waals surface area (Å²) in [6, 6.07) is 8.95. The number of carboxylic acid groups (broad SMARTS) is 2. The molecule has 2 aromatic carbocycles. The Kier molecular flexibility index (Phi) is 7.07. The van der Waals surface area contributed by atoms with E-state index < -0.39 is 40.4 Å². The summed E-state index contributed by atoms with van der Waals surface area (Å²) >= 11 is 0. The molecule has 37 heavy (non-hydrogen) atoms. The van der Waals surface area contributed by atoms with Crippen LogP contribution in [0.1, 0.15) is 26.7 Å². The van der Waals surface area contributed by atoms with Crippen LogP contribution >= 0.6 is 0 Å². The van der Waals surface area contributed by atoms with Gasteiger partial charge in [0.1, 0.15) is 42.0 Å². The Morgan fingerprint density at radius 2 is 1.51 bits per heavy atom. The summed E-state index contributed by atoms with van der Waals surface area (Å²) in [5.74, 6) is -3.34. The molecule has 4 rings (SSSR count). The quantitative estimate of drug-likeness (QED) is 0.269. The van der Waals surface area contributed by atoms with Gasteiger partial charge in [-0.1, -0.05) is 6.08 Å². The number of rotatable bonds is 10. The maximum absolute atomic E-state index is 12.3. The molecule has 4 aromatic rings. The highest BCUT2D eigenvalue weighted by Crippen LogP contribution is 2.28. The van der Waals surface area contributed by atoms with E-state index in [4.69, 9.17) is 23.4 Å². The van der Waals surface area contributed by atoms with Gasteiger partial charge in [0.05, 0.1) is 10.8 Å². The maximum Gasteiger partial charge on any atom is 0.371 e. The van der Waals surface area contributed by atoms with Crippen molar-refractivity contribution in [2.24, 2.45) is 0 Å². The first-order chi connectivity index (χ1) is 17.7. The lowest BCUT2D eigenvalue weighted by Crippen LogP contribution is -2.25. The fourth-order valence-electron chi connectivity index (χ4n) is 3.59. The first-order valence-electron chi connectivity index (χ1n) is 10.9. The molecule has 0 aliphatic rings. The largest absolute Gasteiger partial charge is 0.491 e. The van der Waals surface area contributed by atoms with Crippen LogP contribution in [-0.4, -0.2) is 46.6 Å². The average molecular weight is 508 g/mol. The normalized spacial score (nSPS) is 11.8. The van der Waals surface area contributed by atoms with Crippen molar-refractivity contribution < 1.29 is 43.2 Å². The van der Waals surface area contributed by atoms with Gasteiger partial charge in [-0.05, 0) is 30.7 Å². The Labute approximate surface area is 207 Å². The maximum atomic E-state index is 12.3. The van der Waals surface area contributed by atoms with E-state index in [-0.39, 0.29) is 53.1 Å². The Bertz CT molecular complexity index is 1640. The molecule has 11 nitrogen and oxygen atoms in total. The number of aliphatic hydroxyl groups excluding tert-OH is 1. The van der Waals surface area contributed by atoms with E-state index in [1.165, 1.54) is 36.4 Å². The van der Waals surface area contributed by atoms with Crippen molar-refractivity contribution in [3.8, 4) is 11.5 Å². The molecule has 0 saturated heterocycles. The molecule has 1 atom stereocenters. The number of hydrogen-bond acceptors (Lipinski definition) is 9. The smallest absolute Gasteiger partial charge is 0.371 e. The van der Waals surface area contributed by atoms with Crippen LogP contribution in [0.4, 0.5) is 0 Å². The molecule has 11 heteroatoms. The van der Waals surface area contributed by atoms with Gasteiger partial charge in [-0.2, -0.15) is 0 Å². The fourth-order valence-corrected chi connectivity index (χ4v) is 3.59. The molecule has 190 valence electrons. The van der Waals surface area contributed by atoms with Gasteiger partial charge in [-0.25, -0.2) is 9.59 Å². The van der Waals surface area contributed by atoms with Gasteiger partial charge in [0.15, 0.2) is 10.9 Å². The Morgan fingerprint density at radius 3 is 2.19 bits per heavy atom. The number of carbonyl (C=O) groups is 2. The lowest BCUT2D eigenvalue weighted by Gasteiger charge is -2.16. The highest BCUT2D eigenvalue weighted by molar-refractivity contribution is 5.89. The van der Waals surface area contributed by atoms with Crippen molar-refractivity contribution in [3.05, 3.63) is 92.7 Å². The van der Waals surface area contributed by atoms with E-state index in [2.05, 4.69) is 6.58 Å². The monoisotopic (exact) mass is 508 g/mol. The lowest BCUT2D eigenvalue weighted by molar-refractivity contribution is 0.0623. The number of benzene rings is 2. The molecule has 2 heterocycles. The van der Waals surface area contributed by atoms with Gasteiger partial charge in [-0.15, -0.1) is 6.58 Å². The van der Waals surface area contributed by atoms with E-state index >= 15 is 0 Å². The van der Waals surface area contributed by atoms with Crippen molar-refractivity contribution in [1.29, 1.82) is 0 Å². The van der Waals surface area contributed by atoms with Gasteiger partial charge in [-0.3, -0.25) is 9.59 Å². The Hall–Kier alpha value is -4.90. The van der Waals surface area contributed by atoms with Crippen LogP contribution in [-0.2, 0) is 6.42 Å². The second kappa shape index (κ2) is 10.4. The van der Waals surface area contributed by atoms with E-state index in [1.54, 1.807) is 0 Å². The summed E-state index contributed by atoms with van der Waals surface area (Å²) in [6.07, 6.45) is 0.603. The zero-order chi connectivity index (χ0) is 26.7. The van der Waals surface area contributed by atoms with Gasteiger partial charge >= 0.3 is 11.9 Å². The summed E-state index contributed by atoms with van der Waals surface area (Å²) in [5, 5.41) is 29.0. The predicted molar refractivity (Wildman–Crippen MR) is 130 cm³/mol. The molecule has 0 spiro atoms. The average Bonchev–Trinajstić information content (AvgIpc) is 2.86. The highest BCUT2D eigenvalue weighted by atomic mass is 16.5. The van der Waals surface area contributed by atoms with Gasteiger partial charge in [0.25, 0.3) is 0 Å². The van der Waals surface area contributed by atoms with Crippen molar-refractivity contribution in [3.63, 3.8) is 0 Å². The molecule has 3 N–H and O–H groups in total. The first-order valence-corrected chi connectivity index (χ1v) is 10.9. The number of fused-ring (bicyclic) bond motifs is 2. The molecule has 1 unspecified atom stereocenters. The minimum absolute atomic E-state index is 0.0144. The van der Waals surface area contributed by atoms with Crippen LogP contribution in [0.3, 0.4) is 0 Å². The number of aliphatic hydroxyl groups is 1. The zero-order valence-electron chi connectivity index (χ0n) is 19.1. The Morgan fingerprint density at radius 1 is 0.892 bits per heavy atom. The molecule has 0 fully saturated rings. The molecule has 0 amide bonds. The van der Waals surface area contributed by atoms with E-state index in [1.807, 2.05) is 0 Å². The standard InChI is InChI=1S/C26H20O11/c1-2-3-17-20(7-6-16-19(29)10-23(26(32)33)37-24(16)17)35-12-13(27)11-34-14-4-5-15-18(28)9-22(25(30)31)36-21(15)8-14/h2,4-10,13,27H,1,3,11-12H2,(H,30,31)(H,32,33). The molecular weight excluding hydrogens is 488 g/mol. The van der Waals surface area contributed by atoms with Crippen molar-refractivity contribution in [2.45, 2.75) is 12.5 Å². The van der Waals surface area contributed by atoms with Crippen LogP contribution in [0.2, 0.25) is 0 Å². The minimum atomic E-state index is -1.39. The number of allylic oxidation sites excluding steroid dienone is 1. The van der Waals surface area contributed by atoms with Gasteiger partial charge in [0, 0.05) is 23.8 Å². The fraction of sp³-hybridized carbons (Fsp3) is 0.154. The molecule has 0 aliphatic carbocycles. The van der Waals surface area contributed by atoms with Gasteiger partial charge in [0.2, 0.25) is 11.5 Å². The summed E-state index contributed by atoms with van der Waals surface area (Å²) in [7, 11) is 0. The summed E-state index contributed by atoms with van der Waals surface area (Å²) in [5.41, 5.74) is -0.590.